The fourth-order valence-electron chi connectivity index (χ4n) is 3.35. The van der Waals surface area contributed by atoms with Crippen LogP contribution in [-0.2, 0) is 0 Å². The van der Waals surface area contributed by atoms with Gasteiger partial charge in [-0.25, -0.2) is 13.2 Å². The number of halogens is 3. The predicted octanol–water partition coefficient (Wildman–Crippen LogP) is 7.52. The first-order valence-corrected chi connectivity index (χ1v) is 10.1. The van der Waals surface area contributed by atoms with Gasteiger partial charge in [-0.1, -0.05) is 40.7 Å². The van der Waals surface area contributed by atoms with Gasteiger partial charge in [-0.2, -0.15) is 0 Å². The second kappa shape index (κ2) is 10.0. The molecule has 0 heterocycles. The Bertz CT molecular complexity index is 820. The summed E-state index contributed by atoms with van der Waals surface area (Å²) < 4.78 is 53.9. The minimum absolute atomic E-state index is 0.00907. The summed E-state index contributed by atoms with van der Waals surface area (Å²) in [6, 6.07) is 1.84. The lowest BCUT2D eigenvalue weighted by Gasteiger charge is -2.22. The van der Waals surface area contributed by atoms with Crippen molar-refractivity contribution >= 4 is 0 Å². The molecule has 5 heteroatoms. The standard InChI is InChI=1S/C24H31F3O2/c1-14(2)20-12-21(15(3)4)23(28-6)24(22(20)27)29-13-16(5)17-8-7-9-18(25)11-19(26)10-17/h8,10-12,14-16H,7,9,13H2,1-6H3/b17-8+,18-11-,19-10+. The molecular weight excluding hydrogens is 377 g/mol. The maximum Gasteiger partial charge on any atom is 0.197 e. The first-order valence-electron chi connectivity index (χ1n) is 10.1. The number of methoxy groups -OCH3 is 1. The van der Waals surface area contributed by atoms with Crippen molar-refractivity contribution < 1.29 is 22.6 Å². The molecule has 0 aromatic heterocycles. The van der Waals surface area contributed by atoms with Crippen LogP contribution in [0.3, 0.4) is 0 Å². The maximum absolute atomic E-state index is 15.2. The highest BCUT2D eigenvalue weighted by atomic mass is 19.1. The van der Waals surface area contributed by atoms with Crippen molar-refractivity contribution in [3.8, 4) is 11.5 Å². The first kappa shape index (κ1) is 23.1. The van der Waals surface area contributed by atoms with Crippen LogP contribution in [0.1, 0.15) is 70.4 Å². The SMILES string of the molecule is COc1c(C(C)C)cc(C(C)C)c(F)c1OCC(C)C1=C/CC/C(F)=C/C(F)=C\1. The third-order valence-corrected chi connectivity index (χ3v) is 5.09. The zero-order valence-electron chi connectivity index (χ0n) is 18.1. The Morgan fingerprint density at radius 3 is 2.17 bits per heavy atom. The van der Waals surface area contributed by atoms with E-state index in [4.69, 9.17) is 9.47 Å². The molecule has 0 saturated heterocycles. The minimum Gasteiger partial charge on any atom is -0.492 e. The Morgan fingerprint density at radius 1 is 0.931 bits per heavy atom. The van der Waals surface area contributed by atoms with Gasteiger partial charge in [-0.15, -0.1) is 0 Å². The number of allylic oxidation sites excluding steroid dienone is 5. The van der Waals surface area contributed by atoms with Crippen LogP contribution in [0.25, 0.3) is 0 Å². The van der Waals surface area contributed by atoms with Gasteiger partial charge in [0.15, 0.2) is 17.3 Å². The van der Waals surface area contributed by atoms with Gasteiger partial charge in [-0.3, -0.25) is 0 Å². The van der Waals surface area contributed by atoms with Gasteiger partial charge in [0.25, 0.3) is 0 Å². The molecule has 0 bridgehead atoms. The predicted molar refractivity (Wildman–Crippen MR) is 111 cm³/mol. The van der Waals surface area contributed by atoms with Crippen LogP contribution in [0.15, 0.2) is 41.5 Å². The van der Waals surface area contributed by atoms with E-state index in [1.807, 2.05) is 40.7 Å². The molecule has 2 nitrogen and oxygen atoms in total. The highest BCUT2D eigenvalue weighted by molar-refractivity contribution is 5.53. The summed E-state index contributed by atoms with van der Waals surface area (Å²) in [4.78, 5) is 0. The number of ether oxygens (including phenoxy) is 2. The minimum atomic E-state index is -0.632. The van der Waals surface area contributed by atoms with Crippen LogP contribution in [-0.4, -0.2) is 13.7 Å². The highest BCUT2D eigenvalue weighted by Crippen LogP contribution is 2.42. The third-order valence-electron chi connectivity index (χ3n) is 5.09. The van der Waals surface area contributed by atoms with E-state index in [0.29, 0.717) is 23.3 Å². The third kappa shape index (κ3) is 5.68. The lowest BCUT2D eigenvalue weighted by molar-refractivity contribution is 0.250. The van der Waals surface area contributed by atoms with Gasteiger partial charge >= 0.3 is 0 Å². The molecule has 0 N–H and O–H groups in total. The van der Waals surface area contributed by atoms with E-state index in [9.17, 15) is 8.78 Å². The molecule has 0 saturated carbocycles. The van der Waals surface area contributed by atoms with Gasteiger partial charge in [0, 0.05) is 24.0 Å². The number of hydrogen-bond acceptors (Lipinski definition) is 2. The van der Waals surface area contributed by atoms with Crippen molar-refractivity contribution in [2.24, 2.45) is 5.92 Å². The molecule has 2 rings (SSSR count). The van der Waals surface area contributed by atoms with Crippen LogP contribution in [0.4, 0.5) is 13.2 Å². The molecule has 1 aliphatic rings. The molecular formula is C24H31F3O2. The van der Waals surface area contributed by atoms with Crippen LogP contribution in [0.5, 0.6) is 11.5 Å². The van der Waals surface area contributed by atoms with E-state index in [1.165, 1.54) is 13.2 Å². The topological polar surface area (TPSA) is 18.5 Å². The zero-order valence-corrected chi connectivity index (χ0v) is 18.1. The molecule has 0 fully saturated rings. The molecule has 0 spiro atoms. The summed E-state index contributed by atoms with van der Waals surface area (Å²) in [7, 11) is 1.50. The summed E-state index contributed by atoms with van der Waals surface area (Å²) in [6.07, 6.45) is 4.66. The van der Waals surface area contributed by atoms with E-state index in [2.05, 4.69) is 0 Å². The molecule has 1 aromatic carbocycles. The lowest BCUT2D eigenvalue weighted by atomic mass is 9.93. The molecule has 1 unspecified atom stereocenters. The Balaban J connectivity index is 2.34. The molecule has 160 valence electrons. The van der Waals surface area contributed by atoms with Gasteiger partial charge in [0.2, 0.25) is 0 Å². The van der Waals surface area contributed by atoms with E-state index >= 15 is 4.39 Å². The summed E-state index contributed by atoms with van der Waals surface area (Å²) in [5.41, 5.74) is 2.17. The van der Waals surface area contributed by atoms with Crippen molar-refractivity contribution in [1.29, 1.82) is 0 Å². The summed E-state index contributed by atoms with van der Waals surface area (Å²) in [5.74, 6) is -1.12. The number of hydrogen-bond donors (Lipinski definition) is 0. The molecule has 0 aliphatic heterocycles. The second-order valence-corrected chi connectivity index (χ2v) is 8.12. The molecule has 29 heavy (non-hydrogen) atoms. The van der Waals surface area contributed by atoms with E-state index in [0.717, 1.165) is 11.6 Å². The van der Waals surface area contributed by atoms with Crippen molar-refractivity contribution in [3.63, 3.8) is 0 Å². The van der Waals surface area contributed by atoms with Gasteiger partial charge < -0.3 is 9.47 Å². The average molecular weight is 409 g/mol. The molecule has 1 aromatic rings. The summed E-state index contributed by atoms with van der Waals surface area (Å²) >= 11 is 0. The lowest BCUT2D eigenvalue weighted by Crippen LogP contribution is -2.14. The normalized spacial score (nSPS) is 21.4. The molecule has 0 radical (unpaired) electrons. The summed E-state index contributed by atoms with van der Waals surface area (Å²) in [5, 5.41) is 0. The molecule has 1 atom stereocenters. The maximum atomic E-state index is 15.2. The quantitative estimate of drug-likeness (QED) is 0.464. The van der Waals surface area contributed by atoms with E-state index in [1.54, 1.807) is 6.08 Å². The fraction of sp³-hybridized carbons (Fsp3) is 0.500. The van der Waals surface area contributed by atoms with Crippen LogP contribution < -0.4 is 9.47 Å². The Kier molecular flexibility index (Phi) is 8.00. The van der Waals surface area contributed by atoms with Crippen LogP contribution in [0.2, 0.25) is 0 Å². The summed E-state index contributed by atoms with van der Waals surface area (Å²) in [6.45, 7) is 9.92. The Hall–Kier alpha value is -2.17. The Morgan fingerprint density at radius 2 is 1.59 bits per heavy atom. The van der Waals surface area contributed by atoms with Crippen molar-refractivity contribution in [1.82, 2.24) is 0 Å². The average Bonchev–Trinajstić information content (AvgIpc) is 2.63. The van der Waals surface area contributed by atoms with Gasteiger partial charge in [-0.05, 0) is 41.5 Å². The van der Waals surface area contributed by atoms with Crippen molar-refractivity contribution in [3.05, 3.63) is 58.5 Å². The zero-order chi connectivity index (χ0) is 21.7. The van der Waals surface area contributed by atoms with Crippen molar-refractivity contribution in [2.45, 2.75) is 59.3 Å². The highest BCUT2D eigenvalue weighted by Gasteiger charge is 2.24. The molecule has 1 aliphatic carbocycles. The fourth-order valence-corrected chi connectivity index (χ4v) is 3.35. The largest absolute Gasteiger partial charge is 0.492 e. The smallest absolute Gasteiger partial charge is 0.197 e. The number of benzene rings is 1. The second-order valence-electron chi connectivity index (χ2n) is 8.12. The van der Waals surface area contributed by atoms with Crippen molar-refractivity contribution in [2.75, 3.05) is 13.7 Å². The Labute approximate surface area is 172 Å². The number of rotatable bonds is 7. The van der Waals surface area contributed by atoms with Gasteiger partial charge in [0.05, 0.1) is 13.7 Å². The molecule has 0 amide bonds. The van der Waals surface area contributed by atoms with Gasteiger partial charge in [0.1, 0.15) is 11.7 Å². The van der Waals surface area contributed by atoms with Crippen LogP contribution >= 0.6 is 0 Å². The monoisotopic (exact) mass is 408 g/mol. The van der Waals surface area contributed by atoms with Crippen LogP contribution in [0, 0.1) is 11.7 Å². The van der Waals surface area contributed by atoms with E-state index < -0.39 is 17.5 Å². The first-order chi connectivity index (χ1) is 13.6. The van der Waals surface area contributed by atoms with E-state index in [-0.39, 0.29) is 36.5 Å².